The van der Waals surface area contributed by atoms with Crippen LogP contribution in [0.3, 0.4) is 0 Å². The minimum absolute atomic E-state index is 0.160. The van der Waals surface area contributed by atoms with Gasteiger partial charge in [0.2, 0.25) is 5.82 Å². The number of carbonyl (C=O) groups is 1. The van der Waals surface area contributed by atoms with Gasteiger partial charge in [-0.05, 0) is 31.4 Å². The summed E-state index contributed by atoms with van der Waals surface area (Å²) in [6.45, 7) is 6.47. The van der Waals surface area contributed by atoms with E-state index in [1.807, 2.05) is 36.2 Å². The van der Waals surface area contributed by atoms with Crippen LogP contribution in [-0.4, -0.2) is 34.1 Å². The van der Waals surface area contributed by atoms with Crippen molar-refractivity contribution >= 4 is 22.7 Å². The van der Waals surface area contributed by atoms with Crippen molar-refractivity contribution in [3.63, 3.8) is 0 Å². The van der Waals surface area contributed by atoms with E-state index in [0.717, 1.165) is 11.8 Å². The number of rotatable bonds is 5. The number of anilines is 1. The molecule has 1 heterocycles. The number of fused-ring (bicyclic) bond motifs is 1. The van der Waals surface area contributed by atoms with E-state index in [4.69, 9.17) is 0 Å². The van der Waals surface area contributed by atoms with Gasteiger partial charge in [-0.3, -0.25) is 0 Å². The number of benzene rings is 1. The number of aromatic nitrogens is 2. The highest BCUT2D eigenvalue weighted by Gasteiger charge is 2.19. The van der Waals surface area contributed by atoms with Crippen LogP contribution in [0, 0.1) is 5.92 Å². The van der Waals surface area contributed by atoms with Gasteiger partial charge in [-0.2, -0.15) is 0 Å². The first-order valence-corrected chi connectivity index (χ1v) is 7.13. The predicted molar refractivity (Wildman–Crippen MR) is 83.8 cm³/mol. The van der Waals surface area contributed by atoms with Crippen molar-refractivity contribution in [1.29, 1.82) is 0 Å². The van der Waals surface area contributed by atoms with E-state index in [1.54, 1.807) is 0 Å². The Morgan fingerprint density at radius 1 is 1.24 bits per heavy atom. The molecule has 0 aliphatic heterocycles. The molecule has 2 rings (SSSR count). The van der Waals surface area contributed by atoms with E-state index >= 15 is 0 Å². The molecule has 2 aromatic rings. The van der Waals surface area contributed by atoms with Crippen LogP contribution in [0.1, 0.15) is 37.8 Å². The van der Waals surface area contributed by atoms with E-state index < -0.39 is 5.97 Å². The smallest absolute Gasteiger partial charge is 0.374 e. The van der Waals surface area contributed by atoms with Crippen LogP contribution in [0.25, 0.3) is 10.9 Å². The van der Waals surface area contributed by atoms with Crippen LogP contribution in [0.15, 0.2) is 24.3 Å². The molecule has 0 aliphatic carbocycles. The second-order valence-electron chi connectivity index (χ2n) is 5.78. The normalized spacial score (nSPS) is 12.6. The van der Waals surface area contributed by atoms with Crippen molar-refractivity contribution in [2.45, 2.75) is 33.2 Å². The Morgan fingerprint density at radius 3 is 2.52 bits per heavy atom. The quantitative estimate of drug-likeness (QED) is 0.914. The van der Waals surface area contributed by atoms with Crippen LogP contribution in [-0.2, 0) is 0 Å². The molecule has 0 aliphatic rings. The fourth-order valence-corrected chi connectivity index (χ4v) is 2.47. The molecule has 5 heteroatoms. The van der Waals surface area contributed by atoms with Gasteiger partial charge in [-0.1, -0.05) is 26.0 Å². The van der Waals surface area contributed by atoms with Gasteiger partial charge in [0, 0.05) is 18.5 Å². The SMILES string of the molecule is CC(C)CC(C)N(C)c1nc(C(=O)O)nc2ccccc12. The van der Waals surface area contributed by atoms with Crippen molar-refractivity contribution in [3.8, 4) is 0 Å². The van der Waals surface area contributed by atoms with E-state index in [1.165, 1.54) is 0 Å². The molecule has 0 spiro atoms. The lowest BCUT2D eigenvalue weighted by Crippen LogP contribution is -2.31. The van der Waals surface area contributed by atoms with Crippen LogP contribution in [0.4, 0.5) is 5.82 Å². The number of carboxylic acid groups (broad SMARTS) is 1. The largest absolute Gasteiger partial charge is 0.475 e. The molecule has 1 aromatic carbocycles. The van der Waals surface area contributed by atoms with Gasteiger partial charge in [0.05, 0.1) is 5.52 Å². The fourth-order valence-electron chi connectivity index (χ4n) is 2.47. The number of nitrogens with zero attached hydrogens (tertiary/aromatic N) is 3. The maximum absolute atomic E-state index is 11.2. The number of para-hydroxylation sites is 1. The van der Waals surface area contributed by atoms with Crippen molar-refractivity contribution < 1.29 is 9.90 Å². The van der Waals surface area contributed by atoms with Crippen LogP contribution in [0.2, 0.25) is 0 Å². The molecule has 0 bridgehead atoms. The molecular formula is C16H21N3O2. The van der Waals surface area contributed by atoms with Gasteiger partial charge in [-0.25, -0.2) is 14.8 Å². The lowest BCUT2D eigenvalue weighted by Gasteiger charge is -2.28. The summed E-state index contributed by atoms with van der Waals surface area (Å²) in [4.78, 5) is 21.6. The zero-order valence-electron chi connectivity index (χ0n) is 12.9. The topological polar surface area (TPSA) is 66.3 Å². The van der Waals surface area contributed by atoms with Gasteiger partial charge in [-0.15, -0.1) is 0 Å². The number of carboxylic acids is 1. The average Bonchev–Trinajstić information content (AvgIpc) is 2.44. The van der Waals surface area contributed by atoms with E-state index in [9.17, 15) is 9.90 Å². The van der Waals surface area contributed by atoms with Crippen LogP contribution < -0.4 is 4.90 Å². The molecule has 1 N–H and O–H groups in total. The second-order valence-corrected chi connectivity index (χ2v) is 5.78. The second kappa shape index (κ2) is 6.08. The van der Waals surface area contributed by atoms with E-state index in [-0.39, 0.29) is 11.9 Å². The zero-order chi connectivity index (χ0) is 15.6. The van der Waals surface area contributed by atoms with E-state index in [0.29, 0.717) is 17.3 Å². The first-order chi connectivity index (χ1) is 9.90. The maximum Gasteiger partial charge on any atom is 0.374 e. The number of aromatic carboxylic acids is 1. The van der Waals surface area contributed by atoms with Crippen molar-refractivity contribution in [3.05, 3.63) is 30.1 Å². The Labute approximate surface area is 124 Å². The lowest BCUT2D eigenvalue weighted by atomic mass is 10.0. The zero-order valence-corrected chi connectivity index (χ0v) is 12.9. The minimum atomic E-state index is -1.10. The molecule has 1 aromatic heterocycles. The third kappa shape index (κ3) is 3.29. The Balaban J connectivity index is 2.52. The Kier molecular flexibility index (Phi) is 4.40. The Bertz CT molecular complexity index is 655. The Morgan fingerprint density at radius 2 is 1.90 bits per heavy atom. The van der Waals surface area contributed by atoms with Gasteiger partial charge >= 0.3 is 5.97 Å². The summed E-state index contributed by atoms with van der Waals surface area (Å²) in [7, 11) is 1.95. The van der Waals surface area contributed by atoms with Gasteiger partial charge in [0.1, 0.15) is 5.82 Å². The number of hydrogen-bond donors (Lipinski definition) is 1. The molecular weight excluding hydrogens is 266 g/mol. The summed E-state index contributed by atoms with van der Waals surface area (Å²) in [5.74, 6) is -0.0279. The Hall–Kier alpha value is -2.17. The van der Waals surface area contributed by atoms with Crippen molar-refractivity contribution in [2.24, 2.45) is 5.92 Å². The molecule has 0 fully saturated rings. The van der Waals surface area contributed by atoms with Crippen molar-refractivity contribution in [1.82, 2.24) is 9.97 Å². The molecule has 0 saturated carbocycles. The molecule has 112 valence electrons. The molecule has 0 radical (unpaired) electrons. The molecule has 5 nitrogen and oxygen atoms in total. The van der Waals surface area contributed by atoms with Crippen LogP contribution >= 0.6 is 0 Å². The third-order valence-corrected chi connectivity index (χ3v) is 3.58. The first kappa shape index (κ1) is 15.2. The predicted octanol–water partition coefficient (Wildman–Crippen LogP) is 3.20. The summed E-state index contributed by atoms with van der Waals surface area (Å²) in [6, 6.07) is 7.77. The number of hydrogen-bond acceptors (Lipinski definition) is 4. The lowest BCUT2D eigenvalue weighted by molar-refractivity contribution is 0.0684. The molecule has 0 amide bonds. The molecule has 0 saturated heterocycles. The maximum atomic E-state index is 11.2. The molecule has 1 unspecified atom stereocenters. The van der Waals surface area contributed by atoms with Crippen LogP contribution in [0.5, 0.6) is 0 Å². The summed E-state index contributed by atoms with van der Waals surface area (Å²) in [5, 5.41) is 10.1. The van der Waals surface area contributed by atoms with E-state index in [2.05, 4.69) is 30.7 Å². The first-order valence-electron chi connectivity index (χ1n) is 7.13. The summed E-state index contributed by atoms with van der Waals surface area (Å²) >= 11 is 0. The molecule has 21 heavy (non-hydrogen) atoms. The molecule has 1 atom stereocenters. The highest BCUT2D eigenvalue weighted by molar-refractivity contribution is 5.93. The minimum Gasteiger partial charge on any atom is -0.475 e. The monoisotopic (exact) mass is 287 g/mol. The summed E-state index contributed by atoms with van der Waals surface area (Å²) in [6.07, 6.45) is 1.01. The summed E-state index contributed by atoms with van der Waals surface area (Å²) in [5.41, 5.74) is 0.656. The fraction of sp³-hybridized carbons (Fsp3) is 0.438. The average molecular weight is 287 g/mol. The van der Waals surface area contributed by atoms with Crippen molar-refractivity contribution in [2.75, 3.05) is 11.9 Å². The van der Waals surface area contributed by atoms with Gasteiger partial charge in [0.15, 0.2) is 0 Å². The highest BCUT2D eigenvalue weighted by Crippen LogP contribution is 2.25. The summed E-state index contributed by atoms with van der Waals surface area (Å²) < 4.78 is 0. The standard InChI is InChI=1S/C16H21N3O2/c1-10(2)9-11(3)19(4)15-12-7-5-6-8-13(12)17-14(18-15)16(20)21/h5-8,10-11H,9H2,1-4H3,(H,20,21). The third-order valence-electron chi connectivity index (χ3n) is 3.58. The van der Waals surface area contributed by atoms with Gasteiger partial charge < -0.3 is 10.0 Å². The van der Waals surface area contributed by atoms with Gasteiger partial charge in [0.25, 0.3) is 0 Å². The highest BCUT2D eigenvalue weighted by atomic mass is 16.4.